The van der Waals surface area contributed by atoms with Crippen LogP contribution in [0.4, 0.5) is 0 Å². The van der Waals surface area contributed by atoms with Gasteiger partial charge >= 0.3 is 0 Å². The minimum Gasteiger partial charge on any atom is -0.363 e. The topological polar surface area (TPSA) is 73.1 Å². The van der Waals surface area contributed by atoms with Crippen LogP contribution >= 0.6 is 22.9 Å². The number of benzene rings is 2. The monoisotopic (exact) mass is 368 g/mol. The number of thiazole rings is 1. The van der Waals surface area contributed by atoms with Gasteiger partial charge in [-0.3, -0.25) is 9.59 Å². The maximum absolute atomic E-state index is 12.7. The summed E-state index contributed by atoms with van der Waals surface area (Å²) >= 11 is 7.09. The van der Waals surface area contributed by atoms with Crippen LogP contribution in [0, 0.1) is 0 Å². The Kier molecular flexibility index (Phi) is 3.91. The van der Waals surface area contributed by atoms with E-state index in [0.717, 1.165) is 10.2 Å². The van der Waals surface area contributed by atoms with Gasteiger partial charge in [0.05, 0.1) is 15.8 Å². The van der Waals surface area contributed by atoms with Crippen molar-refractivity contribution in [3.63, 3.8) is 0 Å². The van der Waals surface area contributed by atoms with Gasteiger partial charge in [0.25, 0.3) is 0 Å². The first-order chi connectivity index (χ1) is 12.1. The van der Waals surface area contributed by atoms with E-state index in [2.05, 4.69) is 10.1 Å². The number of hydrogen-bond acceptors (Lipinski definition) is 6. The van der Waals surface area contributed by atoms with E-state index in [0.29, 0.717) is 10.6 Å². The van der Waals surface area contributed by atoms with E-state index in [1.165, 1.54) is 17.6 Å². The lowest BCUT2D eigenvalue weighted by Gasteiger charge is -2.00. The smallest absolute Gasteiger partial charge is 0.244 e. The Hall–Kier alpha value is -2.83. The van der Waals surface area contributed by atoms with E-state index in [1.54, 1.807) is 24.3 Å². The molecule has 0 aliphatic heterocycles. The van der Waals surface area contributed by atoms with Gasteiger partial charge in [-0.05, 0) is 36.4 Å². The molecular formula is C18H9ClN2O3S. The lowest BCUT2D eigenvalue weighted by molar-refractivity contribution is 0.1000. The van der Waals surface area contributed by atoms with Crippen LogP contribution in [0.1, 0.15) is 31.4 Å². The summed E-state index contributed by atoms with van der Waals surface area (Å²) in [5, 5.41) is 4.51. The number of rotatable bonds is 4. The molecule has 0 saturated heterocycles. The fraction of sp³-hybridized carbons (Fsp3) is 0. The summed E-state index contributed by atoms with van der Waals surface area (Å²) in [6.07, 6.45) is 1.18. The van der Waals surface area contributed by atoms with E-state index in [9.17, 15) is 9.59 Å². The number of carbonyl (C=O) groups excluding carboxylic acids is 2. The van der Waals surface area contributed by atoms with Crippen LogP contribution in [-0.4, -0.2) is 21.7 Å². The summed E-state index contributed by atoms with van der Waals surface area (Å²) in [7, 11) is 0. The van der Waals surface area contributed by atoms with Crippen molar-refractivity contribution in [3.8, 4) is 0 Å². The van der Waals surface area contributed by atoms with Crippen molar-refractivity contribution in [2.24, 2.45) is 0 Å². The summed E-state index contributed by atoms with van der Waals surface area (Å²) in [6.45, 7) is 0. The van der Waals surface area contributed by atoms with Crippen LogP contribution in [0.2, 0.25) is 5.02 Å². The number of ketones is 2. The van der Waals surface area contributed by atoms with Crippen molar-refractivity contribution in [2.45, 2.75) is 0 Å². The third kappa shape index (κ3) is 2.86. The van der Waals surface area contributed by atoms with E-state index >= 15 is 0 Å². The Morgan fingerprint density at radius 2 is 1.76 bits per heavy atom. The number of para-hydroxylation sites is 1. The molecule has 0 fully saturated rings. The first kappa shape index (κ1) is 15.7. The number of nitrogens with zero attached hydrogens (tertiary/aromatic N) is 2. The zero-order valence-corrected chi connectivity index (χ0v) is 14.2. The maximum atomic E-state index is 12.7. The fourth-order valence-electron chi connectivity index (χ4n) is 2.39. The second-order valence-corrected chi connectivity index (χ2v) is 6.70. The molecule has 4 rings (SSSR count). The largest absolute Gasteiger partial charge is 0.363 e. The molecule has 2 heterocycles. The first-order valence-electron chi connectivity index (χ1n) is 7.28. The maximum Gasteiger partial charge on any atom is 0.244 e. The molecule has 2 aromatic heterocycles. The fourth-order valence-corrected chi connectivity index (χ4v) is 3.42. The van der Waals surface area contributed by atoms with Gasteiger partial charge < -0.3 is 4.52 Å². The first-order valence-corrected chi connectivity index (χ1v) is 8.48. The summed E-state index contributed by atoms with van der Waals surface area (Å²) in [4.78, 5) is 29.7. The summed E-state index contributed by atoms with van der Waals surface area (Å²) in [6, 6.07) is 13.8. The minimum atomic E-state index is -0.438. The van der Waals surface area contributed by atoms with Crippen LogP contribution < -0.4 is 0 Å². The standard InChI is InChI=1S/C18H9ClN2O3S/c19-11-7-5-10(6-8-11)16(22)12-9-24-21-15(12)17(23)18-20-13-3-1-2-4-14(13)25-18/h1-9H. The van der Waals surface area contributed by atoms with Gasteiger partial charge in [0.15, 0.2) is 16.5 Å². The molecule has 0 bridgehead atoms. The molecule has 4 aromatic rings. The van der Waals surface area contributed by atoms with Crippen LogP contribution in [-0.2, 0) is 0 Å². The molecule has 0 aliphatic rings. The van der Waals surface area contributed by atoms with Gasteiger partial charge in [0, 0.05) is 10.6 Å². The average molecular weight is 369 g/mol. The average Bonchev–Trinajstić information content (AvgIpc) is 3.28. The Labute approximate surface area is 150 Å². The van der Waals surface area contributed by atoms with Crippen molar-refractivity contribution < 1.29 is 14.1 Å². The van der Waals surface area contributed by atoms with E-state index in [-0.39, 0.29) is 22.0 Å². The van der Waals surface area contributed by atoms with Crippen molar-refractivity contribution in [1.82, 2.24) is 10.1 Å². The lowest BCUT2D eigenvalue weighted by Crippen LogP contribution is -2.09. The van der Waals surface area contributed by atoms with Gasteiger partial charge in [-0.15, -0.1) is 11.3 Å². The van der Waals surface area contributed by atoms with Crippen LogP contribution in [0.25, 0.3) is 10.2 Å². The van der Waals surface area contributed by atoms with Gasteiger partial charge in [0.2, 0.25) is 5.78 Å². The predicted molar refractivity (Wildman–Crippen MR) is 94.4 cm³/mol. The highest BCUT2D eigenvalue weighted by Gasteiger charge is 2.26. The minimum absolute atomic E-state index is 0.0426. The summed E-state index contributed by atoms with van der Waals surface area (Å²) in [5.41, 5.74) is 1.18. The van der Waals surface area contributed by atoms with Gasteiger partial charge in [0.1, 0.15) is 6.26 Å². The zero-order valence-electron chi connectivity index (χ0n) is 12.6. The molecule has 0 amide bonds. The molecule has 7 heteroatoms. The Bertz CT molecular complexity index is 1070. The van der Waals surface area contributed by atoms with E-state index in [4.69, 9.17) is 16.1 Å². The molecule has 0 N–H and O–H groups in total. The van der Waals surface area contributed by atoms with Crippen LogP contribution in [0.5, 0.6) is 0 Å². The molecule has 5 nitrogen and oxygen atoms in total. The molecule has 25 heavy (non-hydrogen) atoms. The van der Waals surface area contributed by atoms with E-state index in [1.807, 2.05) is 24.3 Å². The number of halogens is 1. The predicted octanol–water partition coefficient (Wildman–Crippen LogP) is 4.40. The Morgan fingerprint density at radius 1 is 1.00 bits per heavy atom. The van der Waals surface area contributed by atoms with E-state index < -0.39 is 5.78 Å². The zero-order chi connectivity index (χ0) is 17.4. The van der Waals surface area contributed by atoms with Gasteiger partial charge in [-0.1, -0.05) is 28.9 Å². The molecular weight excluding hydrogens is 360 g/mol. The third-order valence-electron chi connectivity index (χ3n) is 3.62. The highest BCUT2D eigenvalue weighted by molar-refractivity contribution is 7.20. The molecule has 0 spiro atoms. The normalized spacial score (nSPS) is 10.9. The molecule has 0 atom stereocenters. The Morgan fingerprint density at radius 3 is 2.52 bits per heavy atom. The molecule has 0 aliphatic carbocycles. The van der Waals surface area contributed by atoms with Crippen molar-refractivity contribution in [3.05, 3.63) is 81.6 Å². The SMILES string of the molecule is O=C(c1ccc(Cl)cc1)c1conc1C(=O)c1nc2ccccc2s1. The molecule has 122 valence electrons. The van der Waals surface area contributed by atoms with Crippen LogP contribution in [0.15, 0.2) is 59.3 Å². The van der Waals surface area contributed by atoms with Gasteiger partial charge in [-0.25, -0.2) is 4.98 Å². The van der Waals surface area contributed by atoms with Crippen LogP contribution in [0.3, 0.4) is 0 Å². The number of hydrogen-bond donors (Lipinski definition) is 0. The summed E-state index contributed by atoms with van der Waals surface area (Å²) < 4.78 is 5.78. The number of carbonyl (C=O) groups is 2. The highest BCUT2D eigenvalue weighted by Crippen LogP contribution is 2.25. The van der Waals surface area contributed by atoms with Crippen molar-refractivity contribution in [1.29, 1.82) is 0 Å². The van der Waals surface area contributed by atoms with Gasteiger partial charge in [-0.2, -0.15) is 0 Å². The Balaban J connectivity index is 1.72. The van der Waals surface area contributed by atoms with Crippen molar-refractivity contribution in [2.75, 3.05) is 0 Å². The number of aromatic nitrogens is 2. The second kappa shape index (κ2) is 6.23. The molecule has 2 aromatic carbocycles. The summed E-state index contributed by atoms with van der Waals surface area (Å²) in [5.74, 6) is -0.797. The van der Waals surface area contributed by atoms with Crippen molar-refractivity contribution >= 4 is 44.7 Å². The molecule has 0 radical (unpaired) electrons. The number of fused-ring (bicyclic) bond motifs is 1. The highest BCUT2D eigenvalue weighted by atomic mass is 35.5. The molecule has 0 unspecified atom stereocenters. The quantitative estimate of drug-likeness (QED) is 0.499. The third-order valence-corrected chi connectivity index (χ3v) is 4.91. The second-order valence-electron chi connectivity index (χ2n) is 5.23. The lowest BCUT2D eigenvalue weighted by atomic mass is 10.0. The molecule has 0 saturated carbocycles.